The third-order valence-electron chi connectivity index (χ3n) is 3.63. The van der Waals surface area contributed by atoms with Crippen molar-refractivity contribution in [1.29, 1.82) is 0 Å². The summed E-state index contributed by atoms with van der Waals surface area (Å²) in [6.45, 7) is 5.09. The molecule has 0 saturated carbocycles. The van der Waals surface area contributed by atoms with Gasteiger partial charge in [-0.1, -0.05) is 17.3 Å². The molecule has 0 bridgehead atoms. The number of para-hydroxylation sites is 2. The van der Waals surface area contributed by atoms with Gasteiger partial charge in [0, 0.05) is 12.6 Å². The van der Waals surface area contributed by atoms with Gasteiger partial charge in [0.1, 0.15) is 0 Å². The van der Waals surface area contributed by atoms with Crippen molar-refractivity contribution in [3.05, 3.63) is 36.7 Å². The molecule has 0 radical (unpaired) electrons. The third kappa shape index (κ3) is 2.82. The predicted molar refractivity (Wildman–Crippen MR) is 78.0 cm³/mol. The lowest BCUT2D eigenvalue weighted by Gasteiger charge is -2.36. The van der Waals surface area contributed by atoms with E-state index in [-0.39, 0.29) is 5.60 Å². The Morgan fingerprint density at radius 2 is 2.20 bits per heavy atom. The Bertz CT molecular complexity index is 565. The summed E-state index contributed by atoms with van der Waals surface area (Å²) in [4.78, 5) is 0. The quantitative estimate of drug-likeness (QED) is 0.933. The molecule has 1 aliphatic rings. The molecule has 5 heteroatoms. The maximum Gasteiger partial charge on any atom is 0.0894 e. The lowest BCUT2D eigenvalue weighted by molar-refractivity contribution is -0.0553. The molecule has 1 aliphatic heterocycles. The molecule has 1 saturated heterocycles. The Morgan fingerprint density at radius 3 is 2.95 bits per heavy atom. The Hall–Kier alpha value is -1.88. The van der Waals surface area contributed by atoms with E-state index in [1.807, 2.05) is 24.4 Å². The average molecular weight is 272 g/mol. The van der Waals surface area contributed by atoms with Crippen molar-refractivity contribution in [2.45, 2.75) is 38.3 Å². The van der Waals surface area contributed by atoms with Crippen LogP contribution in [0, 0.1) is 0 Å². The van der Waals surface area contributed by atoms with Gasteiger partial charge in [0.15, 0.2) is 0 Å². The van der Waals surface area contributed by atoms with Crippen molar-refractivity contribution >= 4 is 5.69 Å². The number of nitrogens with one attached hydrogen (secondary N) is 1. The predicted octanol–water partition coefficient (Wildman–Crippen LogP) is 2.64. The standard InChI is InChI=1S/C15H20N4O/c1-15(2)11-12(7-10-20-15)17-13-5-3-4-6-14(13)19-9-8-16-18-19/h3-6,8-9,12,17H,7,10-11H2,1-2H3. The van der Waals surface area contributed by atoms with E-state index < -0.39 is 0 Å². The first kappa shape index (κ1) is 13.1. The number of anilines is 1. The van der Waals surface area contributed by atoms with Gasteiger partial charge < -0.3 is 10.1 Å². The maximum absolute atomic E-state index is 5.77. The molecule has 1 N–H and O–H groups in total. The number of ether oxygens (including phenoxy) is 1. The summed E-state index contributed by atoms with van der Waals surface area (Å²) in [5.41, 5.74) is 2.05. The molecular formula is C15H20N4O. The Balaban J connectivity index is 1.81. The highest BCUT2D eigenvalue weighted by Crippen LogP contribution is 2.28. The van der Waals surface area contributed by atoms with Crippen molar-refractivity contribution in [3.8, 4) is 5.69 Å². The summed E-state index contributed by atoms with van der Waals surface area (Å²) in [5, 5.41) is 11.6. The molecule has 1 fully saturated rings. The summed E-state index contributed by atoms with van der Waals surface area (Å²) in [6.07, 6.45) is 5.57. The van der Waals surface area contributed by atoms with Gasteiger partial charge in [0.2, 0.25) is 0 Å². The van der Waals surface area contributed by atoms with E-state index in [4.69, 9.17) is 4.74 Å². The molecule has 1 aromatic carbocycles. The number of hydrogen-bond donors (Lipinski definition) is 1. The number of aromatic nitrogens is 3. The van der Waals surface area contributed by atoms with Crippen molar-refractivity contribution < 1.29 is 4.74 Å². The van der Waals surface area contributed by atoms with Crippen molar-refractivity contribution in [1.82, 2.24) is 15.0 Å². The molecule has 2 aromatic rings. The van der Waals surface area contributed by atoms with Gasteiger partial charge in [-0.05, 0) is 38.8 Å². The van der Waals surface area contributed by atoms with Crippen LogP contribution in [0.4, 0.5) is 5.69 Å². The fourth-order valence-electron chi connectivity index (χ4n) is 2.71. The van der Waals surface area contributed by atoms with Crippen LogP contribution >= 0.6 is 0 Å². The van der Waals surface area contributed by atoms with Gasteiger partial charge in [0.25, 0.3) is 0 Å². The van der Waals surface area contributed by atoms with Crippen LogP contribution in [-0.2, 0) is 4.74 Å². The highest BCUT2D eigenvalue weighted by atomic mass is 16.5. The van der Waals surface area contributed by atoms with E-state index in [9.17, 15) is 0 Å². The van der Waals surface area contributed by atoms with Crippen LogP contribution < -0.4 is 5.32 Å². The summed E-state index contributed by atoms with van der Waals surface area (Å²) in [6, 6.07) is 8.59. The smallest absolute Gasteiger partial charge is 0.0894 e. The minimum Gasteiger partial charge on any atom is -0.380 e. The van der Waals surface area contributed by atoms with E-state index in [1.165, 1.54) is 0 Å². The van der Waals surface area contributed by atoms with Crippen molar-refractivity contribution in [2.24, 2.45) is 0 Å². The lowest BCUT2D eigenvalue weighted by Crippen LogP contribution is -2.40. The summed E-state index contributed by atoms with van der Waals surface area (Å²) in [5.74, 6) is 0. The molecule has 106 valence electrons. The molecule has 3 rings (SSSR count). The van der Waals surface area contributed by atoms with Crippen LogP contribution in [0.2, 0.25) is 0 Å². The zero-order valence-electron chi connectivity index (χ0n) is 11.9. The van der Waals surface area contributed by atoms with Crippen molar-refractivity contribution in [3.63, 3.8) is 0 Å². The van der Waals surface area contributed by atoms with Gasteiger partial charge in [0.05, 0.1) is 29.4 Å². The van der Waals surface area contributed by atoms with E-state index in [2.05, 4.69) is 35.5 Å². The van der Waals surface area contributed by atoms with Gasteiger partial charge in [-0.3, -0.25) is 0 Å². The highest BCUT2D eigenvalue weighted by molar-refractivity contribution is 5.61. The SMILES string of the molecule is CC1(C)CC(Nc2ccccc2-n2ccnn2)CCO1. The van der Waals surface area contributed by atoms with Crippen LogP contribution in [0.15, 0.2) is 36.7 Å². The van der Waals surface area contributed by atoms with E-state index >= 15 is 0 Å². The van der Waals surface area contributed by atoms with Crippen molar-refractivity contribution in [2.75, 3.05) is 11.9 Å². The normalized spacial score (nSPS) is 21.6. The first-order valence-electron chi connectivity index (χ1n) is 7.00. The van der Waals surface area contributed by atoms with Crippen LogP contribution in [-0.4, -0.2) is 33.2 Å². The largest absolute Gasteiger partial charge is 0.380 e. The molecule has 0 aliphatic carbocycles. The summed E-state index contributed by atoms with van der Waals surface area (Å²) in [7, 11) is 0. The number of hydrogen-bond acceptors (Lipinski definition) is 4. The Morgan fingerprint density at radius 1 is 1.35 bits per heavy atom. The second-order valence-corrected chi connectivity index (χ2v) is 5.81. The summed E-state index contributed by atoms with van der Waals surface area (Å²) < 4.78 is 7.55. The summed E-state index contributed by atoms with van der Waals surface area (Å²) >= 11 is 0. The van der Waals surface area contributed by atoms with Gasteiger partial charge in [-0.15, -0.1) is 5.10 Å². The lowest BCUT2D eigenvalue weighted by atomic mass is 9.93. The molecule has 2 heterocycles. The van der Waals surface area contributed by atoms with E-state index in [0.29, 0.717) is 6.04 Å². The number of nitrogens with zero attached hydrogens (tertiary/aromatic N) is 3. The molecule has 1 aromatic heterocycles. The topological polar surface area (TPSA) is 52.0 Å². The molecule has 1 unspecified atom stereocenters. The van der Waals surface area contributed by atoms with E-state index in [0.717, 1.165) is 30.8 Å². The second-order valence-electron chi connectivity index (χ2n) is 5.81. The first-order valence-corrected chi connectivity index (χ1v) is 7.00. The fraction of sp³-hybridized carbons (Fsp3) is 0.467. The molecule has 20 heavy (non-hydrogen) atoms. The second kappa shape index (κ2) is 5.25. The zero-order chi connectivity index (χ0) is 14.0. The van der Waals surface area contributed by atoms with Gasteiger partial charge in [-0.25, -0.2) is 4.68 Å². The molecular weight excluding hydrogens is 252 g/mol. The Labute approximate surface area is 118 Å². The first-order chi connectivity index (χ1) is 9.64. The van der Waals surface area contributed by atoms with E-state index in [1.54, 1.807) is 10.9 Å². The zero-order valence-corrected chi connectivity index (χ0v) is 11.9. The average Bonchev–Trinajstić information content (AvgIpc) is 2.92. The molecule has 1 atom stereocenters. The number of rotatable bonds is 3. The van der Waals surface area contributed by atoms with Crippen LogP contribution in [0.25, 0.3) is 5.69 Å². The van der Waals surface area contributed by atoms with Crippen LogP contribution in [0.1, 0.15) is 26.7 Å². The third-order valence-corrected chi connectivity index (χ3v) is 3.63. The highest BCUT2D eigenvalue weighted by Gasteiger charge is 2.29. The number of benzene rings is 1. The van der Waals surface area contributed by atoms with Gasteiger partial charge >= 0.3 is 0 Å². The Kier molecular flexibility index (Phi) is 3.44. The minimum atomic E-state index is -0.0574. The monoisotopic (exact) mass is 272 g/mol. The van der Waals surface area contributed by atoms with Crippen LogP contribution in [0.3, 0.4) is 0 Å². The molecule has 0 spiro atoms. The minimum absolute atomic E-state index is 0.0574. The maximum atomic E-state index is 5.77. The molecule has 0 amide bonds. The molecule has 5 nitrogen and oxygen atoms in total. The fourth-order valence-corrected chi connectivity index (χ4v) is 2.71. The van der Waals surface area contributed by atoms with Crippen LogP contribution in [0.5, 0.6) is 0 Å². The van der Waals surface area contributed by atoms with Gasteiger partial charge in [-0.2, -0.15) is 0 Å².